The van der Waals surface area contributed by atoms with E-state index in [1.807, 2.05) is 19.1 Å². The number of hydrogen-bond donors (Lipinski definition) is 2. The van der Waals surface area contributed by atoms with Crippen molar-refractivity contribution in [2.24, 2.45) is 11.7 Å². The molecule has 2 rings (SSSR count). The van der Waals surface area contributed by atoms with E-state index in [1.54, 1.807) is 0 Å². The van der Waals surface area contributed by atoms with E-state index in [9.17, 15) is 0 Å². The van der Waals surface area contributed by atoms with Crippen molar-refractivity contribution in [2.75, 3.05) is 19.7 Å². The molecule has 17 heavy (non-hydrogen) atoms. The van der Waals surface area contributed by atoms with Crippen molar-refractivity contribution >= 4 is 0 Å². The van der Waals surface area contributed by atoms with Crippen molar-refractivity contribution in [3.8, 4) is 5.75 Å². The number of benzene rings is 1. The molecule has 1 aromatic rings. The molecule has 0 radical (unpaired) electrons. The third kappa shape index (κ3) is 3.45. The molecule has 1 aromatic carbocycles. The maximum atomic E-state index is 6.23. The summed E-state index contributed by atoms with van der Waals surface area (Å²) in [5.74, 6) is 1.66. The molecule has 0 amide bonds. The summed E-state index contributed by atoms with van der Waals surface area (Å²) in [6.45, 7) is 4.96. The van der Waals surface area contributed by atoms with Gasteiger partial charge in [0.1, 0.15) is 5.75 Å². The van der Waals surface area contributed by atoms with Gasteiger partial charge in [0.25, 0.3) is 0 Å². The number of ether oxygens (including phenoxy) is 1. The first kappa shape index (κ1) is 12.4. The van der Waals surface area contributed by atoms with Gasteiger partial charge in [-0.25, -0.2) is 0 Å². The van der Waals surface area contributed by atoms with Gasteiger partial charge in [-0.1, -0.05) is 12.1 Å². The highest BCUT2D eigenvalue weighted by molar-refractivity contribution is 5.29. The maximum absolute atomic E-state index is 6.23. The van der Waals surface area contributed by atoms with Crippen LogP contribution >= 0.6 is 0 Å². The van der Waals surface area contributed by atoms with Crippen LogP contribution in [0.2, 0.25) is 0 Å². The van der Waals surface area contributed by atoms with Gasteiger partial charge in [0.05, 0.1) is 6.61 Å². The van der Waals surface area contributed by atoms with Crippen LogP contribution < -0.4 is 15.8 Å². The lowest BCUT2D eigenvalue weighted by Crippen LogP contribution is -2.17. The molecule has 2 unspecified atom stereocenters. The topological polar surface area (TPSA) is 47.3 Å². The fraction of sp³-hybridized carbons (Fsp3) is 0.571. The van der Waals surface area contributed by atoms with Crippen molar-refractivity contribution in [1.82, 2.24) is 5.32 Å². The standard InChI is InChI=1S/C14H22N2O/c1-2-17-13-5-3-12(4-6-13)14(15)9-11-7-8-16-10-11/h3-6,11,14,16H,2,7-10,15H2,1H3. The molecule has 1 aliphatic heterocycles. The molecular weight excluding hydrogens is 212 g/mol. The molecule has 1 saturated heterocycles. The fourth-order valence-electron chi connectivity index (χ4n) is 2.39. The van der Waals surface area contributed by atoms with E-state index in [4.69, 9.17) is 10.5 Å². The summed E-state index contributed by atoms with van der Waals surface area (Å²) in [7, 11) is 0. The third-order valence-corrected chi connectivity index (χ3v) is 3.37. The molecule has 1 heterocycles. The van der Waals surface area contributed by atoms with Crippen molar-refractivity contribution in [3.63, 3.8) is 0 Å². The average molecular weight is 234 g/mol. The van der Waals surface area contributed by atoms with Crippen molar-refractivity contribution in [2.45, 2.75) is 25.8 Å². The first-order valence-electron chi connectivity index (χ1n) is 6.48. The summed E-state index contributed by atoms with van der Waals surface area (Å²) in [5, 5.41) is 3.38. The monoisotopic (exact) mass is 234 g/mol. The normalized spacial score (nSPS) is 21.4. The van der Waals surface area contributed by atoms with Crippen LogP contribution in [0, 0.1) is 5.92 Å². The Balaban J connectivity index is 1.91. The highest BCUT2D eigenvalue weighted by atomic mass is 16.5. The number of rotatable bonds is 5. The molecule has 0 spiro atoms. The Morgan fingerprint density at radius 2 is 2.18 bits per heavy atom. The van der Waals surface area contributed by atoms with E-state index in [2.05, 4.69) is 17.4 Å². The molecule has 0 bridgehead atoms. The molecule has 0 saturated carbocycles. The molecule has 94 valence electrons. The van der Waals surface area contributed by atoms with Gasteiger partial charge in [-0.3, -0.25) is 0 Å². The average Bonchev–Trinajstić information content (AvgIpc) is 2.83. The van der Waals surface area contributed by atoms with Gasteiger partial charge < -0.3 is 15.8 Å². The van der Waals surface area contributed by atoms with Gasteiger partial charge in [-0.05, 0) is 56.5 Å². The molecule has 3 N–H and O–H groups in total. The summed E-state index contributed by atoms with van der Waals surface area (Å²) >= 11 is 0. The zero-order valence-corrected chi connectivity index (χ0v) is 10.5. The summed E-state index contributed by atoms with van der Waals surface area (Å²) in [6.07, 6.45) is 2.33. The van der Waals surface area contributed by atoms with E-state index in [1.165, 1.54) is 12.0 Å². The molecule has 0 aliphatic carbocycles. The van der Waals surface area contributed by atoms with E-state index < -0.39 is 0 Å². The second-order valence-corrected chi connectivity index (χ2v) is 4.70. The second-order valence-electron chi connectivity index (χ2n) is 4.70. The Hall–Kier alpha value is -1.06. The Labute approximate surface area is 103 Å². The zero-order valence-electron chi connectivity index (χ0n) is 10.5. The number of nitrogens with one attached hydrogen (secondary N) is 1. The van der Waals surface area contributed by atoms with E-state index in [0.29, 0.717) is 6.61 Å². The minimum atomic E-state index is 0.149. The van der Waals surface area contributed by atoms with Crippen molar-refractivity contribution < 1.29 is 4.74 Å². The lowest BCUT2D eigenvalue weighted by Gasteiger charge is -2.16. The summed E-state index contributed by atoms with van der Waals surface area (Å²) in [6, 6.07) is 8.32. The van der Waals surface area contributed by atoms with E-state index >= 15 is 0 Å². The van der Waals surface area contributed by atoms with E-state index in [-0.39, 0.29) is 6.04 Å². The number of hydrogen-bond acceptors (Lipinski definition) is 3. The molecule has 1 fully saturated rings. The first-order valence-corrected chi connectivity index (χ1v) is 6.48. The summed E-state index contributed by atoms with van der Waals surface area (Å²) < 4.78 is 5.42. The Kier molecular flexibility index (Phi) is 4.40. The molecule has 0 aromatic heterocycles. The Bertz CT molecular complexity index is 331. The highest BCUT2D eigenvalue weighted by Crippen LogP contribution is 2.24. The fourth-order valence-corrected chi connectivity index (χ4v) is 2.39. The van der Waals surface area contributed by atoms with Gasteiger partial charge in [0, 0.05) is 6.04 Å². The number of nitrogens with two attached hydrogens (primary N) is 1. The van der Waals surface area contributed by atoms with Gasteiger partial charge in [0.15, 0.2) is 0 Å². The molecular formula is C14H22N2O. The van der Waals surface area contributed by atoms with Crippen LogP contribution in [0.4, 0.5) is 0 Å². The van der Waals surface area contributed by atoms with Crippen molar-refractivity contribution in [1.29, 1.82) is 0 Å². The van der Waals surface area contributed by atoms with Crippen LogP contribution in [0.25, 0.3) is 0 Å². The second kappa shape index (κ2) is 6.03. The lowest BCUT2D eigenvalue weighted by atomic mass is 9.95. The summed E-state index contributed by atoms with van der Waals surface area (Å²) in [4.78, 5) is 0. The van der Waals surface area contributed by atoms with Gasteiger partial charge in [-0.15, -0.1) is 0 Å². The van der Waals surface area contributed by atoms with Crippen LogP contribution in [0.1, 0.15) is 31.4 Å². The van der Waals surface area contributed by atoms with Crippen molar-refractivity contribution in [3.05, 3.63) is 29.8 Å². The van der Waals surface area contributed by atoms with Crippen LogP contribution in [0.5, 0.6) is 5.75 Å². The minimum absolute atomic E-state index is 0.149. The van der Waals surface area contributed by atoms with Gasteiger partial charge in [-0.2, -0.15) is 0 Å². The van der Waals surface area contributed by atoms with Crippen LogP contribution in [0.3, 0.4) is 0 Å². The van der Waals surface area contributed by atoms with Crippen LogP contribution in [0.15, 0.2) is 24.3 Å². The summed E-state index contributed by atoms with van der Waals surface area (Å²) in [5.41, 5.74) is 7.44. The molecule has 3 nitrogen and oxygen atoms in total. The first-order chi connectivity index (χ1) is 8.29. The molecule has 3 heteroatoms. The smallest absolute Gasteiger partial charge is 0.119 e. The predicted octanol–water partition coefficient (Wildman–Crippen LogP) is 2.08. The Morgan fingerprint density at radius 1 is 1.41 bits per heavy atom. The molecule has 1 aliphatic rings. The van der Waals surface area contributed by atoms with Gasteiger partial charge in [0.2, 0.25) is 0 Å². The molecule has 2 atom stereocenters. The quantitative estimate of drug-likeness (QED) is 0.820. The SMILES string of the molecule is CCOc1ccc(C(N)CC2CCNC2)cc1. The highest BCUT2D eigenvalue weighted by Gasteiger charge is 2.18. The van der Waals surface area contributed by atoms with Gasteiger partial charge >= 0.3 is 0 Å². The maximum Gasteiger partial charge on any atom is 0.119 e. The zero-order chi connectivity index (χ0) is 12.1. The largest absolute Gasteiger partial charge is 0.494 e. The van der Waals surface area contributed by atoms with E-state index in [0.717, 1.165) is 31.2 Å². The van der Waals surface area contributed by atoms with Crippen LogP contribution in [-0.4, -0.2) is 19.7 Å². The van der Waals surface area contributed by atoms with Crippen LogP contribution in [-0.2, 0) is 0 Å². The Morgan fingerprint density at radius 3 is 2.76 bits per heavy atom. The third-order valence-electron chi connectivity index (χ3n) is 3.37. The minimum Gasteiger partial charge on any atom is -0.494 e. The lowest BCUT2D eigenvalue weighted by molar-refractivity contribution is 0.340. The predicted molar refractivity (Wildman–Crippen MR) is 70.1 cm³/mol.